The lowest BCUT2D eigenvalue weighted by molar-refractivity contribution is -0.132. The summed E-state index contributed by atoms with van der Waals surface area (Å²) in [6, 6.07) is 7.95. The van der Waals surface area contributed by atoms with E-state index in [0.717, 1.165) is 23.7 Å². The average molecular weight is 319 g/mol. The molecule has 0 atom stereocenters. The van der Waals surface area contributed by atoms with Gasteiger partial charge in [-0.2, -0.15) is 0 Å². The molecule has 3 nitrogen and oxygen atoms in total. The van der Waals surface area contributed by atoms with Gasteiger partial charge >= 0.3 is 5.97 Å². The van der Waals surface area contributed by atoms with E-state index in [9.17, 15) is 13.6 Å². The molecule has 0 radical (unpaired) electrons. The van der Waals surface area contributed by atoms with Crippen LogP contribution in [0, 0.1) is 0 Å². The number of esters is 1. The van der Waals surface area contributed by atoms with Gasteiger partial charge in [-0.25, -0.2) is 13.6 Å². The summed E-state index contributed by atoms with van der Waals surface area (Å²) in [5.74, 6) is -3.05. The normalized spacial score (nSPS) is 21.6. The zero-order valence-corrected chi connectivity index (χ0v) is 13.1. The van der Waals surface area contributed by atoms with E-state index in [1.807, 2.05) is 22.8 Å². The first-order valence-corrected chi connectivity index (χ1v) is 8.20. The zero-order chi connectivity index (χ0) is 16.2. The highest BCUT2D eigenvalue weighted by atomic mass is 19.3. The quantitative estimate of drug-likeness (QED) is 0.756. The minimum absolute atomic E-state index is 0.166. The van der Waals surface area contributed by atoms with E-state index in [1.165, 1.54) is 5.56 Å². The number of alkyl halides is 2. The first-order valence-electron chi connectivity index (χ1n) is 8.20. The van der Waals surface area contributed by atoms with Gasteiger partial charge in [0.25, 0.3) is 0 Å². The van der Waals surface area contributed by atoms with E-state index in [1.54, 1.807) is 0 Å². The van der Waals surface area contributed by atoms with Crippen LogP contribution in [0.1, 0.15) is 55.1 Å². The Labute approximate surface area is 133 Å². The summed E-state index contributed by atoms with van der Waals surface area (Å²) >= 11 is 0. The van der Waals surface area contributed by atoms with Crippen LogP contribution >= 0.6 is 0 Å². The molecule has 0 saturated heterocycles. The third-order valence-electron chi connectivity index (χ3n) is 5.07. The SMILES string of the molecule is CCCc1ccc2c(c1)cc1n2C2(CCC(F)(F)CC2)OC1=O. The second-order valence-electron chi connectivity index (χ2n) is 6.70. The number of nitrogens with zero attached hydrogens (tertiary/aromatic N) is 1. The van der Waals surface area contributed by atoms with E-state index in [2.05, 4.69) is 13.0 Å². The van der Waals surface area contributed by atoms with Gasteiger partial charge in [-0.1, -0.05) is 19.4 Å². The summed E-state index contributed by atoms with van der Waals surface area (Å²) in [6.45, 7) is 2.12. The van der Waals surface area contributed by atoms with Crippen molar-refractivity contribution in [3.8, 4) is 0 Å². The zero-order valence-electron chi connectivity index (χ0n) is 13.1. The first-order chi connectivity index (χ1) is 10.9. The number of hydrogen-bond acceptors (Lipinski definition) is 2. The lowest BCUT2D eigenvalue weighted by Crippen LogP contribution is -2.40. The Morgan fingerprint density at radius 3 is 2.61 bits per heavy atom. The summed E-state index contributed by atoms with van der Waals surface area (Å²) < 4.78 is 34.5. The van der Waals surface area contributed by atoms with Crippen molar-refractivity contribution in [3.05, 3.63) is 35.5 Å². The average Bonchev–Trinajstić information content (AvgIpc) is 3.00. The predicted molar refractivity (Wildman–Crippen MR) is 82.7 cm³/mol. The molecule has 0 N–H and O–H groups in total. The minimum Gasteiger partial charge on any atom is -0.434 e. The highest BCUT2D eigenvalue weighted by Gasteiger charge is 2.52. The molecule has 1 fully saturated rings. The fraction of sp³-hybridized carbons (Fsp3) is 0.500. The van der Waals surface area contributed by atoms with E-state index in [0.29, 0.717) is 5.69 Å². The Hall–Kier alpha value is -1.91. The van der Waals surface area contributed by atoms with Crippen LogP contribution in [-0.4, -0.2) is 16.5 Å². The summed E-state index contributed by atoms with van der Waals surface area (Å²) in [5, 5.41) is 0.985. The molecule has 5 heteroatoms. The molecule has 0 unspecified atom stereocenters. The number of rotatable bonds is 2. The molecule has 122 valence electrons. The molecule has 4 rings (SSSR count). The van der Waals surface area contributed by atoms with Gasteiger partial charge in [0.05, 0.1) is 5.52 Å². The van der Waals surface area contributed by atoms with Crippen LogP contribution < -0.4 is 0 Å². The lowest BCUT2D eigenvalue weighted by Gasteiger charge is -2.37. The summed E-state index contributed by atoms with van der Waals surface area (Å²) in [4.78, 5) is 12.3. The fourth-order valence-corrected chi connectivity index (χ4v) is 3.90. The van der Waals surface area contributed by atoms with Crippen molar-refractivity contribution in [2.45, 2.75) is 57.1 Å². The summed E-state index contributed by atoms with van der Waals surface area (Å²) in [7, 11) is 0. The summed E-state index contributed by atoms with van der Waals surface area (Å²) in [6.07, 6.45) is 1.89. The second-order valence-corrected chi connectivity index (χ2v) is 6.70. The molecule has 2 aliphatic rings. The van der Waals surface area contributed by atoms with Crippen molar-refractivity contribution in [3.63, 3.8) is 0 Å². The molecule has 1 spiro atoms. The molecule has 2 heterocycles. The number of hydrogen-bond donors (Lipinski definition) is 0. The largest absolute Gasteiger partial charge is 0.434 e. The Kier molecular flexibility index (Phi) is 3.06. The van der Waals surface area contributed by atoms with E-state index >= 15 is 0 Å². The van der Waals surface area contributed by atoms with Crippen LogP contribution in [0.3, 0.4) is 0 Å². The van der Waals surface area contributed by atoms with Crippen LogP contribution in [0.4, 0.5) is 8.78 Å². The van der Waals surface area contributed by atoms with E-state index < -0.39 is 17.6 Å². The van der Waals surface area contributed by atoms with Crippen molar-refractivity contribution in [1.82, 2.24) is 4.57 Å². The Bertz CT molecular complexity index is 784. The molecule has 1 aliphatic heterocycles. The van der Waals surface area contributed by atoms with Crippen molar-refractivity contribution in [2.75, 3.05) is 0 Å². The number of carbonyl (C=O) groups is 1. The number of benzene rings is 1. The first kappa shape index (κ1) is 14.7. The van der Waals surface area contributed by atoms with Gasteiger partial charge in [0.2, 0.25) is 5.92 Å². The molecular weight excluding hydrogens is 300 g/mol. The van der Waals surface area contributed by atoms with Gasteiger partial charge in [0, 0.05) is 31.1 Å². The van der Waals surface area contributed by atoms with Gasteiger partial charge in [-0.05, 0) is 30.2 Å². The molecule has 2 aromatic rings. The molecule has 23 heavy (non-hydrogen) atoms. The molecular formula is C18H19F2NO2. The highest BCUT2D eigenvalue weighted by molar-refractivity contribution is 5.98. The maximum absolute atomic E-state index is 13.5. The fourth-order valence-electron chi connectivity index (χ4n) is 3.90. The smallest absolute Gasteiger partial charge is 0.357 e. The maximum Gasteiger partial charge on any atom is 0.357 e. The number of carbonyl (C=O) groups excluding carboxylic acids is 1. The standard InChI is InChI=1S/C18H19F2NO2/c1-2-3-12-4-5-14-13(10-12)11-15-16(22)23-18(21(14)15)8-6-17(19,20)7-9-18/h4-5,10-11H,2-3,6-9H2,1H3. The van der Waals surface area contributed by atoms with Crippen molar-refractivity contribution in [1.29, 1.82) is 0 Å². The van der Waals surface area contributed by atoms with Crippen LogP contribution in [0.2, 0.25) is 0 Å². The van der Waals surface area contributed by atoms with Crippen molar-refractivity contribution < 1.29 is 18.3 Å². The lowest BCUT2D eigenvalue weighted by atomic mass is 9.88. The van der Waals surface area contributed by atoms with Crippen LogP contribution in [0.25, 0.3) is 10.9 Å². The highest BCUT2D eigenvalue weighted by Crippen LogP contribution is 2.48. The molecule has 1 aromatic heterocycles. The van der Waals surface area contributed by atoms with Crippen LogP contribution in [0.5, 0.6) is 0 Å². The van der Waals surface area contributed by atoms with Gasteiger partial charge in [-0.3, -0.25) is 4.57 Å². The van der Waals surface area contributed by atoms with Crippen LogP contribution in [-0.2, 0) is 16.9 Å². The van der Waals surface area contributed by atoms with Gasteiger partial charge in [0.15, 0.2) is 5.72 Å². The van der Waals surface area contributed by atoms with Gasteiger partial charge in [0.1, 0.15) is 5.69 Å². The second kappa shape index (κ2) is 4.79. The number of ether oxygens (including phenoxy) is 1. The maximum atomic E-state index is 13.5. The predicted octanol–water partition coefficient (Wildman–Crippen LogP) is 4.63. The van der Waals surface area contributed by atoms with Crippen molar-refractivity contribution in [2.24, 2.45) is 0 Å². The monoisotopic (exact) mass is 319 g/mol. The van der Waals surface area contributed by atoms with Crippen molar-refractivity contribution >= 4 is 16.9 Å². The minimum atomic E-state index is -2.66. The Morgan fingerprint density at radius 2 is 1.91 bits per heavy atom. The van der Waals surface area contributed by atoms with Gasteiger partial charge in [-0.15, -0.1) is 0 Å². The topological polar surface area (TPSA) is 31.2 Å². The van der Waals surface area contributed by atoms with Crippen LogP contribution in [0.15, 0.2) is 24.3 Å². The Morgan fingerprint density at radius 1 is 1.17 bits per heavy atom. The number of aromatic nitrogens is 1. The van der Waals surface area contributed by atoms with E-state index in [-0.39, 0.29) is 25.7 Å². The molecule has 1 aromatic carbocycles. The number of halogens is 2. The molecule has 0 bridgehead atoms. The molecule has 0 amide bonds. The molecule has 1 saturated carbocycles. The summed E-state index contributed by atoms with van der Waals surface area (Å²) in [5.41, 5.74) is 1.68. The molecule has 1 aliphatic carbocycles. The number of fused-ring (bicyclic) bond motifs is 4. The third kappa shape index (κ3) is 2.17. The number of aryl methyl sites for hydroxylation is 1. The van der Waals surface area contributed by atoms with Gasteiger partial charge < -0.3 is 4.74 Å². The van der Waals surface area contributed by atoms with E-state index in [4.69, 9.17) is 4.74 Å². The Balaban J connectivity index is 1.82. The third-order valence-corrected chi connectivity index (χ3v) is 5.07.